The molecule has 0 aromatic rings. The average Bonchev–Trinajstić information content (AvgIpc) is 2.29. The molecule has 0 aliphatic carbocycles. The third kappa shape index (κ3) is 2.63. The monoisotopic (exact) mass is 186 g/mol. The Morgan fingerprint density at radius 3 is 2.83 bits per heavy atom. The molecule has 1 atom stereocenters. The first-order valence-electron chi connectivity index (χ1n) is 4.70. The van der Waals surface area contributed by atoms with Crippen LogP contribution in [0.25, 0.3) is 0 Å². The molecule has 1 heterocycles. The van der Waals surface area contributed by atoms with Crippen LogP contribution in [0.5, 0.6) is 0 Å². The molecule has 0 bridgehead atoms. The maximum Gasteiger partial charge on any atom is 0.168 e. The van der Waals surface area contributed by atoms with Crippen molar-refractivity contribution in [2.75, 3.05) is 20.1 Å². The Hall–Kier alpha value is -0.310. The second-order valence-electron chi connectivity index (χ2n) is 3.58. The number of nitrogens with zero attached hydrogens (tertiary/aromatic N) is 1. The second kappa shape index (κ2) is 4.65. The third-order valence-corrected chi connectivity index (χ3v) is 2.98. The van der Waals surface area contributed by atoms with Crippen molar-refractivity contribution in [1.29, 1.82) is 0 Å². The van der Waals surface area contributed by atoms with E-state index in [0.717, 1.165) is 24.1 Å². The maximum atomic E-state index is 5.19. The van der Waals surface area contributed by atoms with Gasteiger partial charge in [-0.25, -0.2) is 0 Å². The molecule has 0 amide bonds. The highest BCUT2D eigenvalue weighted by Crippen LogP contribution is 2.16. The fourth-order valence-corrected chi connectivity index (χ4v) is 1.81. The van der Waals surface area contributed by atoms with Gasteiger partial charge in [-0.3, -0.25) is 0 Å². The van der Waals surface area contributed by atoms with E-state index in [-0.39, 0.29) is 0 Å². The number of hydrogen-bond donors (Lipinski definition) is 1. The average molecular weight is 186 g/mol. The fourth-order valence-electron chi connectivity index (χ4n) is 1.62. The van der Waals surface area contributed by atoms with E-state index >= 15 is 0 Å². The Morgan fingerprint density at radius 2 is 2.17 bits per heavy atom. The van der Waals surface area contributed by atoms with Crippen molar-refractivity contribution in [2.45, 2.75) is 26.2 Å². The molecule has 12 heavy (non-hydrogen) atoms. The molecule has 3 heteroatoms. The van der Waals surface area contributed by atoms with E-state index in [9.17, 15) is 0 Å². The summed E-state index contributed by atoms with van der Waals surface area (Å²) >= 11 is 5.19. The van der Waals surface area contributed by atoms with E-state index in [4.69, 9.17) is 12.2 Å². The lowest BCUT2D eigenvalue weighted by Gasteiger charge is -2.22. The molecule has 1 aliphatic heterocycles. The zero-order chi connectivity index (χ0) is 8.97. The minimum Gasteiger partial charge on any atom is -0.366 e. The maximum absolute atomic E-state index is 5.19. The Kier molecular flexibility index (Phi) is 3.79. The lowest BCUT2D eigenvalue weighted by molar-refractivity contribution is 0.421. The number of rotatable bonds is 0. The number of nitrogens with one attached hydrogen (secondary N) is 1. The topological polar surface area (TPSA) is 15.3 Å². The van der Waals surface area contributed by atoms with Crippen LogP contribution in [0.4, 0.5) is 0 Å². The highest BCUT2D eigenvalue weighted by Gasteiger charge is 2.14. The standard InChI is InChI=1S/C9H18N2S/c1-8-4-3-6-11(7-5-8)9(12)10-2/h8H,3-7H2,1-2H3,(H,10,12). The van der Waals surface area contributed by atoms with Gasteiger partial charge in [-0.05, 0) is 37.4 Å². The molecule has 1 saturated heterocycles. The zero-order valence-corrected chi connectivity index (χ0v) is 8.78. The van der Waals surface area contributed by atoms with Crippen molar-refractivity contribution in [1.82, 2.24) is 10.2 Å². The van der Waals surface area contributed by atoms with Gasteiger partial charge >= 0.3 is 0 Å². The minimum atomic E-state index is 0.870. The SMILES string of the molecule is CNC(=S)N1CCCC(C)CC1. The van der Waals surface area contributed by atoms with Gasteiger partial charge in [0.15, 0.2) is 5.11 Å². The molecule has 2 nitrogen and oxygen atoms in total. The predicted molar refractivity (Wildman–Crippen MR) is 56.2 cm³/mol. The summed E-state index contributed by atoms with van der Waals surface area (Å²) in [6.45, 7) is 4.58. The molecule has 1 fully saturated rings. The van der Waals surface area contributed by atoms with Crippen LogP contribution in [0.3, 0.4) is 0 Å². The summed E-state index contributed by atoms with van der Waals surface area (Å²) < 4.78 is 0. The molecule has 0 saturated carbocycles. The van der Waals surface area contributed by atoms with Gasteiger partial charge in [-0.1, -0.05) is 6.92 Å². The van der Waals surface area contributed by atoms with Crippen molar-refractivity contribution in [3.05, 3.63) is 0 Å². The van der Waals surface area contributed by atoms with E-state index in [1.165, 1.54) is 19.3 Å². The summed E-state index contributed by atoms with van der Waals surface area (Å²) in [6, 6.07) is 0. The van der Waals surface area contributed by atoms with E-state index in [1.54, 1.807) is 0 Å². The molecular formula is C9H18N2S. The number of likely N-dealkylation sites (tertiary alicyclic amines) is 1. The summed E-state index contributed by atoms with van der Waals surface area (Å²) in [5.74, 6) is 0.870. The van der Waals surface area contributed by atoms with Gasteiger partial charge in [-0.15, -0.1) is 0 Å². The van der Waals surface area contributed by atoms with Gasteiger partial charge in [0.1, 0.15) is 0 Å². The van der Waals surface area contributed by atoms with Crippen LogP contribution in [0.15, 0.2) is 0 Å². The van der Waals surface area contributed by atoms with Crippen LogP contribution in [-0.2, 0) is 0 Å². The molecule has 0 spiro atoms. The molecule has 1 unspecified atom stereocenters. The quantitative estimate of drug-likeness (QED) is 0.579. The Labute approximate surface area is 80.3 Å². The summed E-state index contributed by atoms with van der Waals surface area (Å²) in [5, 5.41) is 3.94. The van der Waals surface area contributed by atoms with Gasteiger partial charge in [0.2, 0.25) is 0 Å². The van der Waals surface area contributed by atoms with Gasteiger partial charge in [-0.2, -0.15) is 0 Å². The molecule has 1 aliphatic rings. The Morgan fingerprint density at radius 1 is 1.42 bits per heavy atom. The summed E-state index contributed by atoms with van der Waals surface area (Å²) in [7, 11) is 1.90. The van der Waals surface area contributed by atoms with Crippen LogP contribution in [0.1, 0.15) is 26.2 Å². The summed E-state index contributed by atoms with van der Waals surface area (Å²) in [4.78, 5) is 2.28. The van der Waals surface area contributed by atoms with Crippen molar-refractivity contribution in [2.24, 2.45) is 5.92 Å². The summed E-state index contributed by atoms with van der Waals surface area (Å²) in [5.41, 5.74) is 0. The first-order chi connectivity index (χ1) is 5.74. The van der Waals surface area contributed by atoms with Crippen molar-refractivity contribution in [3.63, 3.8) is 0 Å². The molecule has 0 aromatic carbocycles. The predicted octanol–water partition coefficient (Wildman–Crippen LogP) is 1.61. The smallest absolute Gasteiger partial charge is 0.168 e. The third-order valence-electron chi connectivity index (χ3n) is 2.52. The second-order valence-corrected chi connectivity index (χ2v) is 3.96. The van der Waals surface area contributed by atoms with Crippen LogP contribution < -0.4 is 5.32 Å². The normalized spacial score (nSPS) is 24.8. The van der Waals surface area contributed by atoms with E-state index < -0.39 is 0 Å². The van der Waals surface area contributed by atoms with Gasteiger partial charge in [0, 0.05) is 20.1 Å². The van der Waals surface area contributed by atoms with E-state index in [0.29, 0.717) is 0 Å². The molecular weight excluding hydrogens is 168 g/mol. The number of hydrogen-bond acceptors (Lipinski definition) is 1. The van der Waals surface area contributed by atoms with Crippen molar-refractivity contribution >= 4 is 17.3 Å². The fraction of sp³-hybridized carbons (Fsp3) is 0.889. The number of thiocarbonyl (C=S) groups is 1. The largest absolute Gasteiger partial charge is 0.366 e. The first-order valence-corrected chi connectivity index (χ1v) is 5.11. The van der Waals surface area contributed by atoms with Crippen LogP contribution in [0, 0.1) is 5.92 Å². The van der Waals surface area contributed by atoms with Crippen LogP contribution >= 0.6 is 12.2 Å². The van der Waals surface area contributed by atoms with Crippen LogP contribution in [0.2, 0.25) is 0 Å². The Bertz CT molecular complexity index is 159. The highest BCUT2D eigenvalue weighted by molar-refractivity contribution is 7.80. The van der Waals surface area contributed by atoms with Gasteiger partial charge in [0.25, 0.3) is 0 Å². The van der Waals surface area contributed by atoms with Gasteiger partial charge < -0.3 is 10.2 Å². The molecule has 70 valence electrons. The Balaban J connectivity index is 2.40. The zero-order valence-electron chi connectivity index (χ0n) is 7.97. The van der Waals surface area contributed by atoms with E-state index in [2.05, 4.69) is 17.1 Å². The van der Waals surface area contributed by atoms with E-state index in [1.807, 2.05) is 7.05 Å². The molecule has 0 radical (unpaired) electrons. The molecule has 0 aromatic heterocycles. The summed E-state index contributed by atoms with van der Waals surface area (Å²) in [6.07, 6.45) is 3.91. The first kappa shape index (κ1) is 9.78. The highest BCUT2D eigenvalue weighted by atomic mass is 32.1. The molecule has 1 N–H and O–H groups in total. The lowest BCUT2D eigenvalue weighted by Crippen LogP contribution is -2.38. The minimum absolute atomic E-state index is 0.870. The van der Waals surface area contributed by atoms with Crippen molar-refractivity contribution in [3.8, 4) is 0 Å². The molecule has 1 rings (SSSR count). The van der Waals surface area contributed by atoms with Crippen molar-refractivity contribution < 1.29 is 0 Å². The lowest BCUT2D eigenvalue weighted by atomic mass is 10.0. The van der Waals surface area contributed by atoms with Crippen LogP contribution in [-0.4, -0.2) is 30.1 Å². The van der Waals surface area contributed by atoms with Gasteiger partial charge in [0.05, 0.1) is 0 Å².